The molecule has 0 N–H and O–H groups in total. The highest BCUT2D eigenvalue weighted by Crippen LogP contribution is 2.23. The van der Waals surface area contributed by atoms with E-state index in [9.17, 15) is 0 Å². The van der Waals surface area contributed by atoms with Crippen molar-refractivity contribution >= 4 is 0 Å². The van der Waals surface area contributed by atoms with Crippen molar-refractivity contribution in [2.45, 2.75) is 110 Å². The summed E-state index contributed by atoms with van der Waals surface area (Å²) in [7, 11) is 0. The van der Waals surface area contributed by atoms with Gasteiger partial charge >= 0.3 is 0 Å². The highest BCUT2D eigenvalue weighted by Gasteiger charge is 2.12. The van der Waals surface area contributed by atoms with Crippen LogP contribution in [0.1, 0.15) is 104 Å². The molecular weight excluding hydrogens is 244 g/mol. The summed E-state index contributed by atoms with van der Waals surface area (Å²) < 4.78 is 5.97. The zero-order chi connectivity index (χ0) is 14.7. The van der Waals surface area contributed by atoms with Gasteiger partial charge in [-0.2, -0.15) is 0 Å². The lowest BCUT2D eigenvalue weighted by Crippen LogP contribution is -2.17. The van der Waals surface area contributed by atoms with Gasteiger partial charge in [0, 0.05) is 6.61 Å². The molecule has 0 aromatic rings. The molecule has 1 nitrogen and oxygen atoms in total. The van der Waals surface area contributed by atoms with E-state index in [0.29, 0.717) is 11.5 Å². The Morgan fingerprint density at radius 1 is 0.750 bits per heavy atom. The van der Waals surface area contributed by atoms with Gasteiger partial charge in [0.1, 0.15) is 0 Å². The first-order chi connectivity index (χ1) is 9.58. The zero-order valence-electron chi connectivity index (χ0n) is 14.4. The Labute approximate surface area is 127 Å². The molecule has 20 heavy (non-hydrogen) atoms. The van der Waals surface area contributed by atoms with Gasteiger partial charge in [0.2, 0.25) is 0 Å². The maximum Gasteiger partial charge on any atom is 0.0575 e. The number of rotatable bonds is 10. The Kier molecular flexibility index (Phi) is 9.59. The molecule has 1 saturated carbocycles. The molecular formula is C19H38O. The minimum absolute atomic E-state index is 0.524. The summed E-state index contributed by atoms with van der Waals surface area (Å²) in [6, 6.07) is 0. The van der Waals surface area contributed by atoms with E-state index in [1.165, 1.54) is 83.5 Å². The van der Waals surface area contributed by atoms with Crippen molar-refractivity contribution in [2.24, 2.45) is 5.41 Å². The van der Waals surface area contributed by atoms with E-state index >= 15 is 0 Å². The van der Waals surface area contributed by atoms with E-state index < -0.39 is 0 Å². The van der Waals surface area contributed by atoms with Gasteiger partial charge in [0.25, 0.3) is 0 Å². The summed E-state index contributed by atoms with van der Waals surface area (Å²) in [6.45, 7) is 8.05. The molecule has 1 heteroatoms. The van der Waals surface area contributed by atoms with Crippen molar-refractivity contribution in [3.8, 4) is 0 Å². The van der Waals surface area contributed by atoms with Crippen molar-refractivity contribution in [3.05, 3.63) is 0 Å². The van der Waals surface area contributed by atoms with Crippen molar-refractivity contribution in [2.75, 3.05) is 6.61 Å². The average Bonchev–Trinajstić information content (AvgIpc) is 2.41. The molecule has 0 amide bonds. The van der Waals surface area contributed by atoms with Crippen LogP contribution < -0.4 is 0 Å². The molecule has 1 aliphatic carbocycles. The summed E-state index contributed by atoms with van der Waals surface area (Å²) in [5, 5.41) is 0. The lowest BCUT2D eigenvalue weighted by atomic mass is 9.89. The molecule has 0 heterocycles. The van der Waals surface area contributed by atoms with E-state index in [1.807, 2.05) is 0 Å². The average molecular weight is 283 g/mol. The van der Waals surface area contributed by atoms with E-state index in [2.05, 4.69) is 20.8 Å². The molecule has 120 valence electrons. The predicted molar refractivity (Wildman–Crippen MR) is 89.2 cm³/mol. The van der Waals surface area contributed by atoms with Gasteiger partial charge in [0.15, 0.2) is 0 Å². The summed E-state index contributed by atoms with van der Waals surface area (Å²) in [5.41, 5.74) is 0.524. The highest BCUT2D eigenvalue weighted by molar-refractivity contribution is 4.65. The molecule has 0 unspecified atom stereocenters. The molecule has 0 bridgehead atoms. The molecule has 0 aliphatic heterocycles. The van der Waals surface area contributed by atoms with Crippen LogP contribution in [0.25, 0.3) is 0 Å². The molecule has 0 aromatic carbocycles. The standard InChI is InChI=1S/C19H38O/c1-19(2,3)16-12-7-5-4-6-8-13-17-20-18-14-10-9-11-15-18/h18H,4-17H2,1-3H3. The fourth-order valence-electron chi connectivity index (χ4n) is 3.12. The van der Waals surface area contributed by atoms with Crippen molar-refractivity contribution < 1.29 is 4.74 Å². The third kappa shape index (κ3) is 10.7. The Morgan fingerprint density at radius 3 is 1.90 bits per heavy atom. The predicted octanol–water partition coefficient (Wildman–Crippen LogP) is 6.50. The van der Waals surface area contributed by atoms with Crippen LogP contribution in [0.4, 0.5) is 0 Å². The van der Waals surface area contributed by atoms with Gasteiger partial charge in [0.05, 0.1) is 6.10 Å². The van der Waals surface area contributed by atoms with E-state index in [1.54, 1.807) is 0 Å². The second kappa shape index (κ2) is 10.7. The lowest BCUT2D eigenvalue weighted by Gasteiger charge is -2.21. The molecule has 0 radical (unpaired) electrons. The Balaban J connectivity index is 1.76. The monoisotopic (exact) mass is 282 g/mol. The second-order valence-electron chi connectivity index (χ2n) is 7.92. The Hall–Kier alpha value is -0.0400. The summed E-state index contributed by atoms with van der Waals surface area (Å²) in [6.07, 6.45) is 18.5. The minimum Gasteiger partial charge on any atom is -0.378 e. The lowest BCUT2D eigenvalue weighted by molar-refractivity contribution is 0.0263. The van der Waals surface area contributed by atoms with Crippen LogP contribution >= 0.6 is 0 Å². The van der Waals surface area contributed by atoms with E-state index in [-0.39, 0.29) is 0 Å². The van der Waals surface area contributed by atoms with Crippen LogP contribution in [0, 0.1) is 5.41 Å². The SMILES string of the molecule is CC(C)(C)CCCCCCCCCOC1CCCCC1. The summed E-state index contributed by atoms with van der Waals surface area (Å²) in [5.74, 6) is 0. The van der Waals surface area contributed by atoms with Crippen LogP contribution in [0.15, 0.2) is 0 Å². The van der Waals surface area contributed by atoms with Crippen molar-refractivity contribution in [1.82, 2.24) is 0 Å². The quantitative estimate of drug-likeness (QED) is 0.415. The first kappa shape index (κ1) is 18.0. The van der Waals surface area contributed by atoms with E-state index in [4.69, 9.17) is 4.74 Å². The third-order valence-corrected chi connectivity index (χ3v) is 4.48. The van der Waals surface area contributed by atoms with Crippen LogP contribution in [-0.2, 0) is 4.74 Å². The first-order valence-electron chi connectivity index (χ1n) is 9.19. The first-order valence-corrected chi connectivity index (χ1v) is 9.19. The number of hydrogen-bond acceptors (Lipinski definition) is 1. The molecule has 0 atom stereocenters. The van der Waals surface area contributed by atoms with Crippen molar-refractivity contribution in [1.29, 1.82) is 0 Å². The number of unbranched alkanes of at least 4 members (excludes halogenated alkanes) is 6. The van der Waals surface area contributed by atoms with Crippen LogP contribution in [0.2, 0.25) is 0 Å². The zero-order valence-corrected chi connectivity index (χ0v) is 14.4. The molecule has 1 aliphatic rings. The van der Waals surface area contributed by atoms with Crippen LogP contribution in [0.3, 0.4) is 0 Å². The van der Waals surface area contributed by atoms with Crippen LogP contribution in [0.5, 0.6) is 0 Å². The smallest absolute Gasteiger partial charge is 0.0575 e. The fraction of sp³-hybridized carbons (Fsp3) is 1.00. The highest BCUT2D eigenvalue weighted by atomic mass is 16.5. The fourth-order valence-corrected chi connectivity index (χ4v) is 3.12. The minimum atomic E-state index is 0.524. The maximum absolute atomic E-state index is 5.97. The largest absolute Gasteiger partial charge is 0.378 e. The summed E-state index contributed by atoms with van der Waals surface area (Å²) in [4.78, 5) is 0. The topological polar surface area (TPSA) is 9.23 Å². The summed E-state index contributed by atoms with van der Waals surface area (Å²) >= 11 is 0. The molecule has 0 saturated heterocycles. The molecule has 1 rings (SSSR count). The number of ether oxygens (including phenoxy) is 1. The normalized spacial score (nSPS) is 17.6. The maximum atomic E-state index is 5.97. The van der Waals surface area contributed by atoms with Gasteiger partial charge in [-0.25, -0.2) is 0 Å². The molecule has 0 spiro atoms. The van der Waals surface area contributed by atoms with Crippen molar-refractivity contribution in [3.63, 3.8) is 0 Å². The molecule has 1 fully saturated rings. The van der Waals surface area contributed by atoms with Crippen LogP contribution in [-0.4, -0.2) is 12.7 Å². The third-order valence-electron chi connectivity index (χ3n) is 4.48. The Bertz CT molecular complexity index is 210. The van der Waals surface area contributed by atoms with Gasteiger partial charge < -0.3 is 4.74 Å². The van der Waals surface area contributed by atoms with Gasteiger partial charge in [-0.3, -0.25) is 0 Å². The second-order valence-corrected chi connectivity index (χ2v) is 7.92. The van der Waals surface area contributed by atoms with Gasteiger partial charge in [-0.05, 0) is 31.1 Å². The van der Waals surface area contributed by atoms with Gasteiger partial charge in [-0.1, -0.05) is 78.6 Å². The van der Waals surface area contributed by atoms with E-state index in [0.717, 1.165) is 6.61 Å². The molecule has 0 aromatic heterocycles. The van der Waals surface area contributed by atoms with Gasteiger partial charge in [-0.15, -0.1) is 0 Å². The number of hydrogen-bond donors (Lipinski definition) is 0. The Morgan fingerprint density at radius 2 is 1.30 bits per heavy atom.